The maximum atomic E-state index is 15.3. The van der Waals surface area contributed by atoms with Crippen LogP contribution in [0.5, 0.6) is 0 Å². The molecule has 5 aromatic rings. The van der Waals surface area contributed by atoms with E-state index in [0.717, 1.165) is 11.1 Å². The highest BCUT2D eigenvalue weighted by Gasteiger charge is 2.65. The van der Waals surface area contributed by atoms with Crippen molar-refractivity contribution in [1.29, 1.82) is 0 Å². The van der Waals surface area contributed by atoms with Crippen LogP contribution in [0.4, 0.5) is 0 Å². The quantitative estimate of drug-likeness (QED) is 0.171. The van der Waals surface area contributed by atoms with Gasteiger partial charge in [-0.2, -0.15) is 0 Å². The summed E-state index contributed by atoms with van der Waals surface area (Å²) >= 11 is 0. The summed E-state index contributed by atoms with van der Waals surface area (Å²) in [6, 6.07) is 38.7. The number of hydrogen-bond donors (Lipinski definition) is 2. The fourth-order valence-electron chi connectivity index (χ4n) is 6.19. The summed E-state index contributed by atoms with van der Waals surface area (Å²) in [5.41, 5.74) is 1.51. The number of aliphatic hydroxyl groups excluding tert-OH is 2. The molecule has 0 bridgehead atoms. The second kappa shape index (κ2) is 13.3. The third kappa shape index (κ3) is 5.38. The minimum absolute atomic E-state index is 0.283. The summed E-state index contributed by atoms with van der Waals surface area (Å²) in [6.45, 7) is 1.18. The van der Waals surface area contributed by atoms with Crippen molar-refractivity contribution in [2.75, 3.05) is 19.8 Å². The third-order valence-electron chi connectivity index (χ3n) is 8.42. The molecule has 0 spiro atoms. The standard InChI is InChI=1S/C37H37NO6S2/c1-29-18-22-34(23-19-29)45(41,42)36(28-40,46(43,44)35-24-20-30(2)21-25-35)38(26-27-39)37(31-12-6-3-7-13-31,32-14-8-4-9-15-32)33-16-10-5-11-17-33/h3-25,39-40H,26-28H2,1-2H3. The summed E-state index contributed by atoms with van der Waals surface area (Å²) in [5.74, 6) is 0. The first kappa shape index (κ1) is 33.2. The van der Waals surface area contributed by atoms with E-state index in [1.807, 2.05) is 18.2 Å². The van der Waals surface area contributed by atoms with E-state index < -0.39 is 49.2 Å². The SMILES string of the molecule is Cc1ccc(S(=O)(=O)C(CO)(N(CCO)C(c2ccccc2)(c2ccccc2)c2ccccc2)S(=O)(=O)c2ccc(C)cc2)cc1. The predicted octanol–water partition coefficient (Wildman–Crippen LogP) is 5.48. The maximum absolute atomic E-state index is 15.3. The Kier molecular flexibility index (Phi) is 9.62. The topological polar surface area (TPSA) is 112 Å². The number of benzene rings is 5. The minimum Gasteiger partial charge on any atom is -0.395 e. The normalized spacial score (nSPS) is 12.7. The van der Waals surface area contributed by atoms with Gasteiger partial charge in [-0.25, -0.2) is 21.7 Å². The van der Waals surface area contributed by atoms with Gasteiger partial charge in [-0.05, 0) is 54.8 Å². The fourth-order valence-corrected chi connectivity index (χ4v) is 11.0. The number of aliphatic hydroxyl groups is 2. The summed E-state index contributed by atoms with van der Waals surface area (Å²) in [6.07, 6.45) is 0. The molecule has 0 heterocycles. The predicted molar refractivity (Wildman–Crippen MR) is 180 cm³/mol. The molecule has 2 N–H and O–H groups in total. The summed E-state index contributed by atoms with van der Waals surface area (Å²) < 4.78 is 58.1. The molecule has 0 aliphatic carbocycles. The van der Waals surface area contributed by atoms with E-state index in [1.54, 1.807) is 111 Å². The zero-order valence-corrected chi connectivity index (χ0v) is 27.3. The van der Waals surface area contributed by atoms with Gasteiger partial charge in [-0.1, -0.05) is 126 Å². The van der Waals surface area contributed by atoms with E-state index in [1.165, 1.54) is 29.2 Å². The van der Waals surface area contributed by atoms with Crippen molar-refractivity contribution in [2.45, 2.75) is 33.4 Å². The Morgan fingerprint density at radius 1 is 0.522 bits per heavy atom. The van der Waals surface area contributed by atoms with Crippen LogP contribution in [0, 0.1) is 13.8 Å². The number of sulfone groups is 2. The third-order valence-corrected chi connectivity index (χ3v) is 13.9. The molecule has 9 heteroatoms. The molecular weight excluding hydrogens is 619 g/mol. The van der Waals surface area contributed by atoms with Crippen LogP contribution in [-0.2, 0) is 25.2 Å². The van der Waals surface area contributed by atoms with Crippen molar-refractivity contribution in [3.05, 3.63) is 167 Å². The Balaban J connectivity index is 2.04. The van der Waals surface area contributed by atoms with Crippen LogP contribution in [0.2, 0.25) is 0 Å². The van der Waals surface area contributed by atoms with Crippen molar-refractivity contribution < 1.29 is 27.0 Å². The van der Waals surface area contributed by atoms with Gasteiger partial charge in [0.2, 0.25) is 19.7 Å². The lowest BCUT2D eigenvalue weighted by molar-refractivity contribution is 0.0556. The van der Waals surface area contributed by atoms with Gasteiger partial charge in [0.15, 0.2) is 0 Å². The Hall–Kier alpha value is -4.12. The molecule has 7 nitrogen and oxygen atoms in total. The Bertz CT molecular complexity index is 1790. The molecule has 0 aromatic heterocycles. The zero-order valence-electron chi connectivity index (χ0n) is 25.7. The molecule has 0 atom stereocenters. The lowest BCUT2D eigenvalue weighted by Gasteiger charge is -2.53. The summed E-state index contributed by atoms with van der Waals surface area (Å²) in [5, 5.41) is 22.3. The fraction of sp³-hybridized carbons (Fsp3) is 0.189. The average molecular weight is 656 g/mol. The lowest BCUT2D eigenvalue weighted by atomic mass is 9.75. The Labute approximate surface area is 271 Å². The van der Waals surface area contributed by atoms with Gasteiger partial charge in [0, 0.05) is 6.54 Å². The maximum Gasteiger partial charge on any atom is 0.259 e. The molecule has 5 rings (SSSR count). The highest BCUT2D eigenvalue weighted by Crippen LogP contribution is 2.51. The van der Waals surface area contributed by atoms with Crippen LogP contribution in [0.25, 0.3) is 0 Å². The smallest absolute Gasteiger partial charge is 0.259 e. The van der Waals surface area contributed by atoms with Gasteiger partial charge in [-0.15, -0.1) is 0 Å². The first-order valence-corrected chi connectivity index (χ1v) is 17.8. The second-order valence-electron chi connectivity index (χ2n) is 11.2. The van der Waals surface area contributed by atoms with Crippen molar-refractivity contribution in [1.82, 2.24) is 4.90 Å². The Morgan fingerprint density at radius 2 is 0.848 bits per heavy atom. The number of hydrogen-bond acceptors (Lipinski definition) is 7. The van der Waals surface area contributed by atoms with E-state index in [2.05, 4.69) is 0 Å². The molecule has 0 saturated heterocycles. The van der Waals surface area contributed by atoms with E-state index in [4.69, 9.17) is 0 Å². The van der Waals surface area contributed by atoms with Crippen LogP contribution in [0.1, 0.15) is 27.8 Å². The van der Waals surface area contributed by atoms with Crippen molar-refractivity contribution in [3.8, 4) is 0 Å². The van der Waals surface area contributed by atoms with E-state index in [0.29, 0.717) is 16.7 Å². The highest BCUT2D eigenvalue weighted by molar-refractivity contribution is 8.10. The second-order valence-corrected chi connectivity index (χ2v) is 15.8. The monoisotopic (exact) mass is 655 g/mol. The molecule has 0 saturated carbocycles. The number of nitrogens with zero attached hydrogens (tertiary/aromatic N) is 1. The van der Waals surface area contributed by atoms with E-state index in [-0.39, 0.29) is 9.79 Å². The van der Waals surface area contributed by atoms with Crippen LogP contribution in [-0.4, -0.2) is 55.9 Å². The van der Waals surface area contributed by atoms with Crippen molar-refractivity contribution in [3.63, 3.8) is 0 Å². The molecule has 0 fully saturated rings. The molecular formula is C37H37NO6S2. The molecule has 0 radical (unpaired) electrons. The van der Waals surface area contributed by atoms with Crippen LogP contribution in [0.15, 0.2) is 149 Å². The molecule has 0 amide bonds. The molecule has 0 unspecified atom stereocenters. The van der Waals surface area contributed by atoms with Gasteiger partial charge in [0.1, 0.15) is 0 Å². The number of rotatable bonds is 12. The zero-order chi connectivity index (χ0) is 33.0. The van der Waals surface area contributed by atoms with Crippen molar-refractivity contribution >= 4 is 19.7 Å². The van der Waals surface area contributed by atoms with E-state index >= 15 is 16.8 Å². The average Bonchev–Trinajstić information content (AvgIpc) is 3.07. The van der Waals surface area contributed by atoms with Gasteiger partial charge < -0.3 is 10.2 Å². The lowest BCUT2D eigenvalue weighted by Crippen LogP contribution is -2.69. The summed E-state index contributed by atoms with van der Waals surface area (Å²) in [7, 11) is -9.99. The highest BCUT2D eigenvalue weighted by atomic mass is 32.3. The number of aryl methyl sites for hydroxylation is 2. The first-order valence-electron chi connectivity index (χ1n) is 14.9. The molecule has 0 aliphatic rings. The largest absolute Gasteiger partial charge is 0.395 e. The molecule has 0 aliphatic heterocycles. The molecule has 5 aromatic carbocycles. The van der Waals surface area contributed by atoms with Gasteiger partial charge in [0.25, 0.3) is 4.20 Å². The van der Waals surface area contributed by atoms with E-state index in [9.17, 15) is 10.2 Å². The Morgan fingerprint density at radius 3 is 1.13 bits per heavy atom. The molecule has 238 valence electrons. The summed E-state index contributed by atoms with van der Waals surface area (Å²) in [4.78, 5) is 0.701. The van der Waals surface area contributed by atoms with Crippen LogP contribution < -0.4 is 0 Å². The van der Waals surface area contributed by atoms with Crippen molar-refractivity contribution in [2.24, 2.45) is 0 Å². The van der Waals surface area contributed by atoms with Crippen LogP contribution >= 0.6 is 0 Å². The van der Waals surface area contributed by atoms with Gasteiger partial charge >= 0.3 is 0 Å². The van der Waals surface area contributed by atoms with Crippen LogP contribution in [0.3, 0.4) is 0 Å². The molecule has 46 heavy (non-hydrogen) atoms. The van der Waals surface area contributed by atoms with Gasteiger partial charge in [-0.3, -0.25) is 0 Å². The van der Waals surface area contributed by atoms with Gasteiger partial charge in [0.05, 0.1) is 28.5 Å². The minimum atomic E-state index is -5.00. The first-order chi connectivity index (χ1) is 22.1.